The quantitative estimate of drug-likeness (QED) is 0.547. The van der Waals surface area contributed by atoms with Gasteiger partial charge in [-0.3, -0.25) is 4.79 Å². The molecule has 4 nitrogen and oxygen atoms in total. The van der Waals surface area contributed by atoms with Gasteiger partial charge in [-0.2, -0.15) is 0 Å². The summed E-state index contributed by atoms with van der Waals surface area (Å²) in [7, 11) is 0. The van der Waals surface area contributed by atoms with Gasteiger partial charge in [0.2, 0.25) is 0 Å². The lowest BCUT2D eigenvalue weighted by Gasteiger charge is -1.97. The van der Waals surface area contributed by atoms with Crippen LogP contribution in [0.3, 0.4) is 0 Å². The van der Waals surface area contributed by atoms with Crippen LogP contribution in [0.25, 0.3) is 11.0 Å². The number of carbonyl (C=O) groups is 1. The number of fused-ring (bicyclic) bond motifs is 1. The van der Waals surface area contributed by atoms with Crippen molar-refractivity contribution in [2.75, 3.05) is 5.75 Å². The van der Waals surface area contributed by atoms with Gasteiger partial charge in [0.25, 0.3) is 0 Å². The summed E-state index contributed by atoms with van der Waals surface area (Å²) in [4.78, 5) is 18.1. The fourth-order valence-corrected chi connectivity index (χ4v) is 2.97. The van der Waals surface area contributed by atoms with Gasteiger partial charge in [-0.05, 0) is 30.7 Å². The summed E-state index contributed by atoms with van der Waals surface area (Å²) in [5.41, 5.74) is 4.21. The maximum absolute atomic E-state index is 10.6. The summed E-state index contributed by atoms with van der Waals surface area (Å²) < 4.78 is 0. The van der Waals surface area contributed by atoms with E-state index in [-0.39, 0.29) is 5.75 Å². The number of rotatable bonds is 3. The fraction of sp³-hybridized carbons (Fsp3) is 0.111. The molecule has 0 aliphatic carbocycles. The molecule has 0 saturated carbocycles. The van der Waals surface area contributed by atoms with E-state index in [1.807, 2.05) is 37.3 Å². The minimum absolute atomic E-state index is 0.0481. The van der Waals surface area contributed by atoms with E-state index in [2.05, 4.69) is 21.8 Å². The van der Waals surface area contributed by atoms with E-state index in [4.69, 9.17) is 16.7 Å². The molecule has 3 rings (SSSR count). The highest BCUT2D eigenvalue weighted by molar-refractivity contribution is 7.99. The van der Waals surface area contributed by atoms with Crippen LogP contribution in [0.15, 0.2) is 41.6 Å². The fourth-order valence-electron chi connectivity index (χ4n) is 2.15. The number of hydrogen-bond acceptors (Lipinski definition) is 3. The highest BCUT2D eigenvalue weighted by Gasteiger charge is 2.08. The van der Waals surface area contributed by atoms with Crippen molar-refractivity contribution in [1.82, 2.24) is 9.97 Å². The van der Waals surface area contributed by atoms with E-state index in [1.165, 1.54) is 0 Å². The van der Waals surface area contributed by atoms with Crippen LogP contribution in [0.2, 0.25) is 5.02 Å². The lowest BCUT2D eigenvalue weighted by atomic mass is 10.1. The average molecular weight is 357 g/mol. The molecule has 3 aromatic rings. The average Bonchev–Trinajstić information content (AvgIpc) is 2.93. The lowest BCUT2D eigenvalue weighted by molar-refractivity contribution is -0.133. The number of halogens is 1. The number of imidazole rings is 1. The van der Waals surface area contributed by atoms with Crippen molar-refractivity contribution in [2.24, 2.45) is 0 Å². The van der Waals surface area contributed by atoms with Gasteiger partial charge in [0.05, 0.1) is 21.8 Å². The maximum Gasteiger partial charge on any atom is 0.313 e. The van der Waals surface area contributed by atoms with E-state index in [0.29, 0.717) is 21.3 Å². The Kier molecular flexibility index (Phi) is 4.79. The minimum atomic E-state index is -0.886. The molecular weight excluding hydrogens is 344 g/mol. The summed E-state index contributed by atoms with van der Waals surface area (Å²) in [6, 6.07) is 11.5. The van der Waals surface area contributed by atoms with Crippen LogP contribution < -0.4 is 0 Å². The van der Waals surface area contributed by atoms with Crippen molar-refractivity contribution in [1.29, 1.82) is 0 Å². The van der Waals surface area contributed by atoms with Crippen LogP contribution in [-0.2, 0) is 4.79 Å². The van der Waals surface area contributed by atoms with E-state index in [1.54, 1.807) is 6.07 Å². The molecule has 0 fully saturated rings. The van der Waals surface area contributed by atoms with Crippen LogP contribution in [-0.4, -0.2) is 26.8 Å². The number of aliphatic carboxylic acids is 1. The van der Waals surface area contributed by atoms with Crippen molar-refractivity contribution in [3.63, 3.8) is 0 Å². The van der Waals surface area contributed by atoms with E-state index < -0.39 is 5.97 Å². The molecule has 24 heavy (non-hydrogen) atoms. The van der Waals surface area contributed by atoms with Crippen LogP contribution in [0.1, 0.15) is 16.7 Å². The minimum Gasteiger partial charge on any atom is -0.481 e. The molecule has 0 atom stereocenters. The van der Waals surface area contributed by atoms with Gasteiger partial charge < -0.3 is 10.1 Å². The number of hydrogen-bond donors (Lipinski definition) is 2. The van der Waals surface area contributed by atoms with Gasteiger partial charge in [-0.15, -0.1) is 0 Å². The van der Waals surface area contributed by atoms with E-state index >= 15 is 0 Å². The summed E-state index contributed by atoms with van der Waals surface area (Å²) in [5.74, 6) is 5.28. The number of aromatic nitrogens is 2. The molecule has 0 spiro atoms. The molecule has 0 unspecified atom stereocenters. The predicted octanol–water partition coefficient (Wildman–Crippen LogP) is 4.10. The molecule has 6 heteroatoms. The van der Waals surface area contributed by atoms with Crippen LogP contribution in [0.5, 0.6) is 0 Å². The monoisotopic (exact) mass is 356 g/mol. The molecule has 2 aromatic carbocycles. The third-order valence-corrected chi connectivity index (χ3v) is 4.53. The second-order valence-corrected chi connectivity index (χ2v) is 6.51. The SMILES string of the molecule is Cc1ccccc1C#Cc1cc2nc(SCC(=O)O)[nH]c2cc1Cl. The number of carboxylic acids is 1. The van der Waals surface area contributed by atoms with Crippen LogP contribution in [0, 0.1) is 18.8 Å². The Labute approximate surface area is 148 Å². The molecule has 1 heterocycles. The zero-order valence-electron chi connectivity index (χ0n) is 12.8. The number of nitrogens with one attached hydrogen (secondary N) is 1. The summed E-state index contributed by atoms with van der Waals surface area (Å²) >= 11 is 7.43. The van der Waals surface area contributed by atoms with Crippen LogP contribution >= 0.6 is 23.4 Å². The molecule has 120 valence electrons. The highest BCUT2D eigenvalue weighted by atomic mass is 35.5. The van der Waals surface area contributed by atoms with Gasteiger partial charge >= 0.3 is 5.97 Å². The Balaban J connectivity index is 1.93. The number of nitrogens with zero attached hydrogens (tertiary/aromatic N) is 1. The molecule has 1 aromatic heterocycles. The highest BCUT2D eigenvalue weighted by Crippen LogP contribution is 2.25. The second kappa shape index (κ2) is 7.00. The van der Waals surface area contributed by atoms with Crippen LogP contribution in [0.4, 0.5) is 0 Å². The second-order valence-electron chi connectivity index (χ2n) is 5.14. The Morgan fingerprint density at radius 3 is 2.79 bits per heavy atom. The van der Waals surface area contributed by atoms with Crippen molar-refractivity contribution in [3.05, 3.63) is 58.1 Å². The summed E-state index contributed by atoms with van der Waals surface area (Å²) in [6.45, 7) is 2.01. The van der Waals surface area contributed by atoms with Gasteiger partial charge in [-0.1, -0.05) is 53.4 Å². The molecule has 0 aliphatic heterocycles. The maximum atomic E-state index is 10.6. The van der Waals surface area contributed by atoms with Gasteiger partial charge in [-0.25, -0.2) is 4.98 Å². The van der Waals surface area contributed by atoms with Gasteiger partial charge in [0, 0.05) is 11.1 Å². The number of benzene rings is 2. The predicted molar refractivity (Wildman–Crippen MR) is 96.6 cm³/mol. The number of aryl methyl sites for hydroxylation is 1. The van der Waals surface area contributed by atoms with Gasteiger partial charge in [0.1, 0.15) is 0 Å². The molecule has 0 radical (unpaired) electrons. The number of H-pyrrole nitrogens is 1. The number of aromatic amines is 1. The molecule has 2 N–H and O–H groups in total. The normalized spacial score (nSPS) is 10.4. The molecule has 0 bridgehead atoms. The van der Waals surface area contributed by atoms with Crippen molar-refractivity contribution in [3.8, 4) is 11.8 Å². The third kappa shape index (κ3) is 3.73. The first kappa shape index (κ1) is 16.4. The summed E-state index contributed by atoms with van der Waals surface area (Å²) in [5, 5.41) is 9.81. The lowest BCUT2D eigenvalue weighted by Crippen LogP contribution is -1.97. The first-order chi connectivity index (χ1) is 11.5. The van der Waals surface area contributed by atoms with E-state index in [0.717, 1.165) is 28.4 Å². The smallest absolute Gasteiger partial charge is 0.313 e. The number of thioether (sulfide) groups is 1. The molecular formula is C18H13ClN2O2S. The third-order valence-electron chi connectivity index (χ3n) is 3.36. The Morgan fingerprint density at radius 2 is 2.04 bits per heavy atom. The topological polar surface area (TPSA) is 66.0 Å². The standard InChI is InChI=1S/C18H13ClN2O2S/c1-11-4-2-3-5-12(11)6-7-13-8-15-16(9-14(13)19)21-18(20-15)24-10-17(22)23/h2-5,8-9H,10H2,1H3,(H,20,21)(H,22,23). The van der Waals surface area contributed by atoms with Crippen molar-refractivity contribution in [2.45, 2.75) is 12.1 Å². The van der Waals surface area contributed by atoms with Crippen molar-refractivity contribution >= 4 is 40.4 Å². The van der Waals surface area contributed by atoms with E-state index in [9.17, 15) is 4.79 Å². The first-order valence-electron chi connectivity index (χ1n) is 7.14. The van der Waals surface area contributed by atoms with Crippen molar-refractivity contribution < 1.29 is 9.90 Å². The zero-order chi connectivity index (χ0) is 17.1. The largest absolute Gasteiger partial charge is 0.481 e. The molecule has 0 saturated heterocycles. The molecule has 0 amide bonds. The number of carboxylic acid groups (broad SMARTS) is 1. The van der Waals surface area contributed by atoms with Gasteiger partial charge in [0.15, 0.2) is 5.16 Å². The Hall–Kier alpha value is -2.42. The Morgan fingerprint density at radius 1 is 1.29 bits per heavy atom. The molecule has 0 aliphatic rings. The Bertz CT molecular complexity index is 986. The first-order valence-corrected chi connectivity index (χ1v) is 8.51. The summed E-state index contributed by atoms with van der Waals surface area (Å²) in [6.07, 6.45) is 0. The zero-order valence-corrected chi connectivity index (χ0v) is 14.3.